The van der Waals surface area contributed by atoms with Crippen molar-refractivity contribution in [2.75, 3.05) is 11.9 Å². The summed E-state index contributed by atoms with van der Waals surface area (Å²) >= 11 is 3.40. The number of carbonyl (C=O) groups is 2. The van der Waals surface area contributed by atoms with Crippen molar-refractivity contribution in [2.24, 2.45) is 17.3 Å². The van der Waals surface area contributed by atoms with Crippen molar-refractivity contribution < 1.29 is 9.59 Å². The van der Waals surface area contributed by atoms with E-state index in [9.17, 15) is 9.59 Å². The summed E-state index contributed by atoms with van der Waals surface area (Å²) in [6.45, 7) is 8.23. The maximum atomic E-state index is 11.8. The zero-order valence-electron chi connectivity index (χ0n) is 9.71. The van der Waals surface area contributed by atoms with E-state index in [0.29, 0.717) is 6.54 Å². The zero-order chi connectivity index (χ0) is 11.8. The van der Waals surface area contributed by atoms with Gasteiger partial charge in [0, 0.05) is 23.7 Å². The second kappa shape index (κ2) is 4.24. The minimum atomic E-state index is -0.163. The fraction of sp³-hybridized carbons (Fsp3) is 0.818. The fourth-order valence-electron chi connectivity index (χ4n) is 1.65. The molecule has 0 saturated carbocycles. The third-order valence-corrected chi connectivity index (χ3v) is 4.53. The Morgan fingerprint density at radius 3 is 1.93 bits per heavy atom. The maximum absolute atomic E-state index is 11.8. The van der Waals surface area contributed by atoms with E-state index >= 15 is 0 Å². The molecule has 0 N–H and O–H groups in total. The van der Waals surface area contributed by atoms with Crippen LogP contribution in [0.15, 0.2) is 0 Å². The minimum Gasteiger partial charge on any atom is -0.282 e. The van der Waals surface area contributed by atoms with Gasteiger partial charge in [0.25, 0.3) is 0 Å². The molecule has 1 rings (SSSR count). The van der Waals surface area contributed by atoms with Gasteiger partial charge >= 0.3 is 0 Å². The third kappa shape index (κ3) is 2.41. The summed E-state index contributed by atoms with van der Waals surface area (Å²) in [5.74, 6) is -0.379. The molecule has 0 aromatic heterocycles. The molecule has 0 bridgehead atoms. The van der Waals surface area contributed by atoms with Crippen molar-refractivity contribution in [3.8, 4) is 0 Å². The largest absolute Gasteiger partial charge is 0.282 e. The van der Waals surface area contributed by atoms with Crippen LogP contribution in [0.2, 0.25) is 0 Å². The van der Waals surface area contributed by atoms with E-state index in [4.69, 9.17) is 0 Å². The minimum absolute atomic E-state index is 0.0264. The first-order valence-corrected chi connectivity index (χ1v) is 6.33. The smallest absolute Gasteiger partial charge is 0.232 e. The molecule has 1 fully saturated rings. The molecule has 0 aromatic rings. The highest BCUT2D eigenvalue weighted by atomic mass is 79.9. The maximum Gasteiger partial charge on any atom is 0.232 e. The van der Waals surface area contributed by atoms with E-state index < -0.39 is 0 Å². The van der Waals surface area contributed by atoms with Crippen molar-refractivity contribution in [1.29, 1.82) is 0 Å². The zero-order valence-corrected chi connectivity index (χ0v) is 11.3. The van der Waals surface area contributed by atoms with E-state index in [0.717, 1.165) is 5.33 Å². The van der Waals surface area contributed by atoms with Crippen molar-refractivity contribution >= 4 is 27.7 Å². The number of alkyl halides is 1. The number of nitrogens with zero attached hydrogens (tertiary/aromatic N) is 1. The van der Waals surface area contributed by atoms with Gasteiger partial charge in [0.15, 0.2) is 0 Å². The summed E-state index contributed by atoms with van der Waals surface area (Å²) in [4.78, 5) is 25.0. The van der Waals surface area contributed by atoms with Crippen molar-refractivity contribution in [2.45, 2.75) is 27.7 Å². The predicted molar refractivity (Wildman–Crippen MR) is 62.6 cm³/mol. The highest BCUT2D eigenvalue weighted by Gasteiger charge is 2.43. The van der Waals surface area contributed by atoms with Gasteiger partial charge in [-0.1, -0.05) is 43.6 Å². The third-order valence-electron chi connectivity index (χ3n) is 3.01. The number of amides is 2. The van der Waals surface area contributed by atoms with Gasteiger partial charge in [-0.2, -0.15) is 0 Å². The van der Waals surface area contributed by atoms with Crippen LogP contribution in [0.3, 0.4) is 0 Å². The molecule has 15 heavy (non-hydrogen) atoms. The Morgan fingerprint density at radius 2 is 1.60 bits per heavy atom. The fourth-order valence-corrected chi connectivity index (χ4v) is 1.83. The average molecular weight is 276 g/mol. The van der Waals surface area contributed by atoms with E-state index in [-0.39, 0.29) is 29.1 Å². The lowest BCUT2D eigenvalue weighted by Crippen LogP contribution is -2.39. The van der Waals surface area contributed by atoms with Gasteiger partial charge < -0.3 is 0 Å². The van der Waals surface area contributed by atoms with Crippen LogP contribution in [0.4, 0.5) is 0 Å². The molecule has 2 atom stereocenters. The first kappa shape index (κ1) is 12.7. The lowest BCUT2D eigenvalue weighted by molar-refractivity contribution is -0.141. The molecule has 2 unspecified atom stereocenters. The second-order valence-electron chi connectivity index (χ2n) is 5.14. The Morgan fingerprint density at radius 1 is 1.20 bits per heavy atom. The van der Waals surface area contributed by atoms with Gasteiger partial charge in [0.2, 0.25) is 11.8 Å². The summed E-state index contributed by atoms with van der Waals surface area (Å²) in [7, 11) is 0. The number of carbonyl (C=O) groups excluding carboxylic acids is 2. The van der Waals surface area contributed by atoms with Crippen molar-refractivity contribution in [1.82, 2.24) is 4.90 Å². The Labute approximate surface area is 99.3 Å². The Hall–Kier alpha value is -0.380. The standard InChI is InChI=1S/C11H18BrNO2/c1-7-8(2)10(15)13(9(7)14)6-11(3,4)5-12/h7-8H,5-6H2,1-4H3. The summed E-state index contributed by atoms with van der Waals surface area (Å²) in [5, 5.41) is 0.778. The number of hydrogen-bond donors (Lipinski definition) is 0. The molecule has 86 valence electrons. The first-order valence-electron chi connectivity index (χ1n) is 5.21. The average Bonchev–Trinajstić information content (AvgIpc) is 2.36. The van der Waals surface area contributed by atoms with Gasteiger partial charge in [0.1, 0.15) is 0 Å². The van der Waals surface area contributed by atoms with Crippen LogP contribution >= 0.6 is 15.9 Å². The highest BCUT2D eigenvalue weighted by molar-refractivity contribution is 9.09. The summed E-state index contributed by atoms with van der Waals surface area (Å²) in [6, 6.07) is 0. The molecular formula is C11H18BrNO2. The topological polar surface area (TPSA) is 37.4 Å². The molecule has 1 heterocycles. The van der Waals surface area contributed by atoms with Gasteiger partial charge in [-0.15, -0.1) is 0 Å². The van der Waals surface area contributed by atoms with Crippen LogP contribution in [-0.4, -0.2) is 28.6 Å². The predicted octanol–water partition coefficient (Wildman–Crippen LogP) is 2.05. The Balaban J connectivity index is 2.80. The van der Waals surface area contributed by atoms with Gasteiger partial charge in [-0.3, -0.25) is 14.5 Å². The summed E-state index contributed by atoms with van der Waals surface area (Å²) < 4.78 is 0. The Bertz CT molecular complexity index is 268. The molecule has 1 aliphatic rings. The SMILES string of the molecule is CC1C(=O)N(CC(C)(C)CBr)C(=O)C1C. The molecule has 0 spiro atoms. The van der Waals surface area contributed by atoms with Gasteiger partial charge in [-0.25, -0.2) is 0 Å². The summed E-state index contributed by atoms with van der Waals surface area (Å²) in [5.41, 5.74) is -0.0604. The van der Waals surface area contributed by atoms with Crippen LogP contribution in [0.1, 0.15) is 27.7 Å². The normalized spacial score (nSPS) is 27.7. The molecule has 0 aromatic carbocycles. The van der Waals surface area contributed by atoms with Crippen molar-refractivity contribution in [3.05, 3.63) is 0 Å². The first-order chi connectivity index (χ1) is 6.80. The molecule has 0 aliphatic carbocycles. The Kier molecular flexibility index (Phi) is 3.59. The second-order valence-corrected chi connectivity index (χ2v) is 5.70. The van der Waals surface area contributed by atoms with E-state index in [1.165, 1.54) is 4.90 Å². The van der Waals surface area contributed by atoms with E-state index in [2.05, 4.69) is 15.9 Å². The van der Waals surface area contributed by atoms with Crippen LogP contribution < -0.4 is 0 Å². The molecule has 0 radical (unpaired) electrons. The quantitative estimate of drug-likeness (QED) is 0.584. The molecule has 3 nitrogen and oxygen atoms in total. The number of likely N-dealkylation sites (tertiary alicyclic amines) is 1. The molecular weight excluding hydrogens is 258 g/mol. The van der Waals surface area contributed by atoms with Crippen molar-refractivity contribution in [3.63, 3.8) is 0 Å². The van der Waals surface area contributed by atoms with Crippen LogP contribution in [0, 0.1) is 17.3 Å². The number of imide groups is 1. The monoisotopic (exact) mass is 275 g/mol. The molecule has 1 saturated heterocycles. The van der Waals surface area contributed by atoms with Gasteiger partial charge in [-0.05, 0) is 5.41 Å². The number of rotatable bonds is 3. The lowest BCUT2D eigenvalue weighted by atomic mass is 9.96. The van der Waals surface area contributed by atoms with Crippen LogP contribution in [0.5, 0.6) is 0 Å². The highest BCUT2D eigenvalue weighted by Crippen LogP contribution is 2.29. The molecule has 1 aliphatic heterocycles. The van der Waals surface area contributed by atoms with E-state index in [1.54, 1.807) is 0 Å². The number of hydrogen-bond acceptors (Lipinski definition) is 2. The molecule has 2 amide bonds. The van der Waals surface area contributed by atoms with Crippen LogP contribution in [-0.2, 0) is 9.59 Å². The number of halogens is 1. The molecule has 4 heteroatoms. The van der Waals surface area contributed by atoms with Gasteiger partial charge in [0.05, 0.1) is 0 Å². The lowest BCUT2D eigenvalue weighted by Gasteiger charge is -2.27. The summed E-state index contributed by atoms with van der Waals surface area (Å²) in [6.07, 6.45) is 0. The van der Waals surface area contributed by atoms with E-state index in [1.807, 2.05) is 27.7 Å². The van der Waals surface area contributed by atoms with Crippen LogP contribution in [0.25, 0.3) is 0 Å².